The lowest BCUT2D eigenvalue weighted by Gasteiger charge is -2.26. The topological polar surface area (TPSA) is 83.3 Å². The number of carbonyl (C=O) groups is 1. The molecule has 1 aromatic rings. The predicted octanol–water partition coefficient (Wildman–Crippen LogP) is 0.275. The normalized spacial score (nSPS) is 19.5. The molecule has 1 aliphatic carbocycles. The zero-order valence-electron chi connectivity index (χ0n) is 10.8. The summed E-state index contributed by atoms with van der Waals surface area (Å²) in [5.41, 5.74) is 5.87. The van der Waals surface area contributed by atoms with E-state index in [2.05, 4.69) is 20.5 Å². The molecular formula is C12H19N5OS. The molecule has 2 aliphatic rings. The highest BCUT2D eigenvalue weighted by Gasteiger charge is 2.24. The van der Waals surface area contributed by atoms with Crippen molar-refractivity contribution >= 4 is 28.2 Å². The highest BCUT2D eigenvalue weighted by Crippen LogP contribution is 2.30. The fourth-order valence-corrected chi connectivity index (χ4v) is 3.07. The molecule has 104 valence electrons. The Balaban J connectivity index is 1.66. The Morgan fingerprint density at radius 2 is 2.21 bits per heavy atom. The average Bonchev–Trinajstić information content (AvgIpc) is 3.18. The third-order valence-corrected chi connectivity index (χ3v) is 4.61. The van der Waals surface area contributed by atoms with Gasteiger partial charge in [0.15, 0.2) is 5.13 Å². The summed E-state index contributed by atoms with van der Waals surface area (Å²) in [5, 5.41) is 7.09. The summed E-state index contributed by atoms with van der Waals surface area (Å²) in [6.07, 6.45) is 2.45. The van der Waals surface area contributed by atoms with Crippen LogP contribution in [0.15, 0.2) is 0 Å². The van der Waals surface area contributed by atoms with Gasteiger partial charge in [0, 0.05) is 32.7 Å². The molecule has 1 aliphatic heterocycles. The van der Waals surface area contributed by atoms with E-state index in [4.69, 9.17) is 5.73 Å². The maximum absolute atomic E-state index is 12.0. The van der Waals surface area contributed by atoms with Gasteiger partial charge >= 0.3 is 0 Å². The Bertz CT molecular complexity index is 465. The number of carbonyl (C=O) groups excluding carboxylic acids is 1. The second kappa shape index (κ2) is 5.34. The van der Waals surface area contributed by atoms with Gasteiger partial charge in [-0.15, -0.1) is 0 Å². The van der Waals surface area contributed by atoms with Gasteiger partial charge in [0.05, 0.1) is 0 Å². The van der Waals surface area contributed by atoms with Gasteiger partial charge in [0.1, 0.15) is 10.7 Å². The smallest absolute Gasteiger partial charge is 0.265 e. The summed E-state index contributed by atoms with van der Waals surface area (Å²) in [4.78, 5) is 19.1. The molecule has 1 saturated carbocycles. The zero-order chi connectivity index (χ0) is 13.2. The first-order valence-corrected chi connectivity index (χ1v) is 7.56. The average molecular weight is 281 g/mol. The molecule has 0 spiro atoms. The molecule has 2 heterocycles. The van der Waals surface area contributed by atoms with Crippen LogP contribution in [0.3, 0.4) is 0 Å². The van der Waals surface area contributed by atoms with E-state index >= 15 is 0 Å². The number of nitrogens with two attached hydrogens (primary N) is 1. The van der Waals surface area contributed by atoms with E-state index in [1.165, 1.54) is 24.2 Å². The molecule has 1 amide bonds. The largest absolute Gasteiger partial charge is 0.382 e. The van der Waals surface area contributed by atoms with Crippen molar-refractivity contribution in [2.45, 2.75) is 12.8 Å². The first-order valence-electron chi connectivity index (χ1n) is 6.74. The molecule has 0 atom stereocenters. The number of rotatable bonds is 4. The fraction of sp³-hybridized carbons (Fsp3) is 0.667. The highest BCUT2D eigenvalue weighted by atomic mass is 32.1. The molecule has 4 N–H and O–H groups in total. The molecule has 0 radical (unpaired) electrons. The number of amides is 1. The number of hydrogen-bond acceptors (Lipinski definition) is 6. The molecule has 0 unspecified atom stereocenters. The van der Waals surface area contributed by atoms with Gasteiger partial charge in [0.25, 0.3) is 5.91 Å². The Morgan fingerprint density at radius 1 is 1.47 bits per heavy atom. The maximum atomic E-state index is 12.0. The molecule has 7 heteroatoms. The van der Waals surface area contributed by atoms with Crippen molar-refractivity contribution in [3.8, 4) is 0 Å². The van der Waals surface area contributed by atoms with E-state index in [1.807, 2.05) is 0 Å². The minimum atomic E-state index is -0.0803. The number of nitrogens with zero attached hydrogens (tertiary/aromatic N) is 2. The van der Waals surface area contributed by atoms with Crippen molar-refractivity contribution in [1.82, 2.24) is 15.6 Å². The summed E-state index contributed by atoms with van der Waals surface area (Å²) < 4.78 is 0. The van der Waals surface area contributed by atoms with Crippen LogP contribution in [0.2, 0.25) is 0 Å². The first-order chi connectivity index (χ1) is 9.24. The molecule has 3 rings (SSSR count). The van der Waals surface area contributed by atoms with E-state index in [0.29, 0.717) is 16.6 Å². The number of anilines is 2. The number of nitrogens with one attached hydrogen (secondary N) is 2. The van der Waals surface area contributed by atoms with Gasteiger partial charge in [0.2, 0.25) is 0 Å². The third kappa shape index (κ3) is 2.98. The highest BCUT2D eigenvalue weighted by molar-refractivity contribution is 7.18. The summed E-state index contributed by atoms with van der Waals surface area (Å²) in [6, 6.07) is 0. The van der Waals surface area contributed by atoms with Crippen LogP contribution in [0.1, 0.15) is 22.5 Å². The van der Waals surface area contributed by atoms with Crippen molar-refractivity contribution in [2.24, 2.45) is 5.92 Å². The number of nitrogen functional groups attached to an aromatic ring is 1. The lowest BCUT2D eigenvalue weighted by atomic mass is 10.4. The Kier molecular flexibility index (Phi) is 3.56. The van der Waals surface area contributed by atoms with Crippen molar-refractivity contribution < 1.29 is 4.79 Å². The van der Waals surface area contributed by atoms with Crippen molar-refractivity contribution in [3.63, 3.8) is 0 Å². The quantitative estimate of drug-likeness (QED) is 0.738. The van der Waals surface area contributed by atoms with Crippen LogP contribution < -0.4 is 21.3 Å². The number of aromatic nitrogens is 1. The lowest BCUT2D eigenvalue weighted by Crippen LogP contribution is -2.43. The van der Waals surface area contributed by atoms with Crippen molar-refractivity contribution in [2.75, 3.05) is 43.4 Å². The van der Waals surface area contributed by atoms with Crippen molar-refractivity contribution in [3.05, 3.63) is 4.88 Å². The molecule has 19 heavy (non-hydrogen) atoms. The van der Waals surface area contributed by atoms with E-state index in [9.17, 15) is 4.79 Å². The van der Waals surface area contributed by atoms with Crippen LogP contribution >= 0.6 is 11.3 Å². The maximum Gasteiger partial charge on any atom is 0.265 e. The van der Waals surface area contributed by atoms with Crippen LogP contribution in [-0.2, 0) is 0 Å². The summed E-state index contributed by atoms with van der Waals surface area (Å²) >= 11 is 1.40. The minimum absolute atomic E-state index is 0.0803. The van der Waals surface area contributed by atoms with Gasteiger partial charge in [-0.05, 0) is 18.8 Å². The van der Waals surface area contributed by atoms with E-state index < -0.39 is 0 Å². The Morgan fingerprint density at radius 3 is 2.89 bits per heavy atom. The number of thiazole rings is 1. The fourth-order valence-electron chi connectivity index (χ4n) is 2.11. The Labute approximate surface area is 116 Å². The van der Waals surface area contributed by atoms with Crippen LogP contribution in [-0.4, -0.2) is 43.6 Å². The molecular weight excluding hydrogens is 262 g/mol. The second-order valence-electron chi connectivity index (χ2n) is 5.10. The van der Waals surface area contributed by atoms with Gasteiger partial charge in [-0.1, -0.05) is 11.3 Å². The number of hydrogen-bond donors (Lipinski definition) is 3. The zero-order valence-corrected chi connectivity index (χ0v) is 11.6. The van der Waals surface area contributed by atoms with Crippen LogP contribution in [0.4, 0.5) is 10.9 Å². The predicted molar refractivity (Wildman–Crippen MR) is 76.7 cm³/mol. The third-order valence-electron chi connectivity index (χ3n) is 3.48. The summed E-state index contributed by atoms with van der Waals surface area (Å²) in [5.74, 6) is 0.945. The molecule has 6 nitrogen and oxygen atoms in total. The second-order valence-corrected chi connectivity index (χ2v) is 6.08. The molecule has 0 aromatic carbocycles. The van der Waals surface area contributed by atoms with Gasteiger partial charge in [-0.25, -0.2) is 4.98 Å². The molecule has 1 aromatic heterocycles. The van der Waals surface area contributed by atoms with Crippen molar-refractivity contribution in [1.29, 1.82) is 0 Å². The molecule has 1 saturated heterocycles. The summed E-state index contributed by atoms with van der Waals surface area (Å²) in [7, 11) is 0. The van der Waals surface area contributed by atoms with E-state index in [-0.39, 0.29) is 5.91 Å². The van der Waals surface area contributed by atoms with Gasteiger partial charge in [-0.3, -0.25) is 4.79 Å². The molecule has 0 bridgehead atoms. The van der Waals surface area contributed by atoms with Gasteiger partial charge < -0.3 is 21.3 Å². The standard InChI is InChI=1S/C12H19N5OS/c13-10-9(11(18)15-7-8-1-2-8)19-12(16-10)17-5-3-14-4-6-17/h8,14H,1-7,13H2,(H,15,18). The monoisotopic (exact) mass is 281 g/mol. The molecule has 2 fully saturated rings. The Hall–Kier alpha value is -1.34. The van der Waals surface area contributed by atoms with Crippen LogP contribution in [0.5, 0.6) is 0 Å². The summed E-state index contributed by atoms with van der Waals surface area (Å²) in [6.45, 7) is 4.48. The van der Waals surface area contributed by atoms with Crippen LogP contribution in [0.25, 0.3) is 0 Å². The van der Waals surface area contributed by atoms with E-state index in [1.54, 1.807) is 0 Å². The van der Waals surface area contributed by atoms with E-state index in [0.717, 1.165) is 37.9 Å². The van der Waals surface area contributed by atoms with Crippen LogP contribution in [0, 0.1) is 5.92 Å². The lowest BCUT2D eigenvalue weighted by molar-refractivity contribution is 0.0956. The minimum Gasteiger partial charge on any atom is -0.382 e. The van der Waals surface area contributed by atoms with Gasteiger partial charge in [-0.2, -0.15) is 0 Å². The first kappa shape index (κ1) is 12.7. The number of piperazine rings is 1. The SMILES string of the molecule is Nc1nc(N2CCNCC2)sc1C(=O)NCC1CC1.